The van der Waals surface area contributed by atoms with Gasteiger partial charge >= 0.3 is 0 Å². The summed E-state index contributed by atoms with van der Waals surface area (Å²) < 4.78 is 0.423. The fourth-order valence-corrected chi connectivity index (χ4v) is 0.759. The minimum Gasteiger partial charge on any atom is -0.323 e. The summed E-state index contributed by atoms with van der Waals surface area (Å²) in [6.45, 7) is 5.71. The first-order chi connectivity index (χ1) is 5.07. The molecule has 4 heteroatoms. The molecule has 0 bridgehead atoms. The summed E-state index contributed by atoms with van der Waals surface area (Å²) in [6.07, 6.45) is 3.78. The van der Waals surface area contributed by atoms with E-state index in [1.165, 1.54) is 0 Å². The predicted molar refractivity (Wildman–Crippen MR) is 67.4 cm³/mol. The Labute approximate surface area is 94.3 Å². The lowest BCUT2D eigenvalue weighted by Gasteiger charge is -1.98. The zero-order chi connectivity index (χ0) is 8.85. The van der Waals surface area contributed by atoms with Crippen LogP contribution in [-0.4, -0.2) is 7.64 Å². The van der Waals surface area contributed by atoms with E-state index in [0.717, 1.165) is 11.3 Å². The Morgan fingerprint density at radius 2 is 2.09 bits per heavy atom. The van der Waals surface area contributed by atoms with Crippen molar-refractivity contribution in [2.24, 2.45) is 10.9 Å². The number of alkyl halides is 2. The van der Waals surface area contributed by atoms with Gasteiger partial charge in [0.25, 0.3) is 0 Å². The standard InChI is InChI=1S/C7H10I2N2/c1-5(7(8)9)3-4-6(2)11-10/h3-4,7H,1,10H2,2H3/b4-3-,11-6-. The van der Waals surface area contributed by atoms with Gasteiger partial charge in [0.2, 0.25) is 0 Å². The van der Waals surface area contributed by atoms with Gasteiger partial charge in [-0.3, -0.25) is 0 Å². The maximum Gasteiger partial charge on any atom is 0.0869 e. The summed E-state index contributed by atoms with van der Waals surface area (Å²) in [5.74, 6) is 5.04. The molecule has 0 aromatic heterocycles. The van der Waals surface area contributed by atoms with Crippen LogP contribution < -0.4 is 5.84 Å². The second-order valence-electron chi connectivity index (χ2n) is 1.98. The molecule has 0 rings (SSSR count). The SMILES string of the molecule is C=C(/C=C\C(C)=N/N)C(I)I. The van der Waals surface area contributed by atoms with Gasteiger partial charge in [0.1, 0.15) is 0 Å². The van der Waals surface area contributed by atoms with Gasteiger partial charge in [0.05, 0.1) is 7.64 Å². The van der Waals surface area contributed by atoms with Crippen molar-refractivity contribution in [2.75, 3.05) is 0 Å². The highest BCUT2D eigenvalue weighted by Crippen LogP contribution is 2.19. The van der Waals surface area contributed by atoms with E-state index >= 15 is 0 Å². The van der Waals surface area contributed by atoms with E-state index in [-0.39, 0.29) is 0 Å². The topological polar surface area (TPSA) is 38.4 Å². The molecule has 0 radical (unpaired) electrons. The van der Waals surface area contributed by atoms with Crippen LogP contribution in [0.2, 0.25) is 0 Å². The van der Waals surface area contributed by atoms with Gasteiger partial charge in [-0.05, 0) is 18.6 Å². The van der Waals surface area contributed by atoms with Crippen LogP contribution in [0.4, 0.5) is 0 Å². The van der Waals surface area contributed by atoms with Gasteiger partial charge in [-0.1, -0.05) is 57.8 Å². The van der Waals surface area contributed by atoms with Crippen molar-refractivity contribution in [3.8, 4) is 0 Å². The number of halogens is 2. The minimum atomic E-state index is 0.423. The first kappa shape index (κ1) is 11.4. The fourth-order valence-electron chi connectivity index (χ4n) is 0.343. The van der Waals surface area contributed by atoms with Crippen molar-refractivity contribution < 1.29 is 0 Å². The van der Waals surface area contributed by atoms with Crippen molar-refractivity contribution in [1.82, 2.24) is 0 Å². The largest absolute Gasteiger partial charge is 0.323 e. The molecule has 0 aliphatic rings. The number of hydrazone groups is 1. The highest BCUT2D eigenvalue weighted by atomic mass is 127. The van der Waals surface area contributed by atoms with Crippen molar-refractivity contribution in [3.63, 3.8) is 0 Å². The molecule has 0 unspecified atom stereocenters. The van der Waals surface area contributed by atoms with E-state index in [2.05, 4.69) is 56.9 Å². The van der Waals surface area contributed by atoms with Gasteiger partial charge in [-0.15, -0.1) is 0 Å². The second kappa shape index (κ2) is 5.99. The predicted octanol–water partition coefficient (Wildman–Crippen LogP) is 2.63. The molecule has 0 aliphatic heterocycles. The van der Waals surface area contributed by atoms with Crippen molar-refractivity contribution >= 4 is 50.9 Å². The third-order valence-electron chi connectivity index (χ3n) is 1.02. The summed E-state index contributed by atoms with van der Waals surface area (Å²) in [7, 11) is 0. The lowest BCUT2D eigenvalue weighted by Crippen LogP contribution is -1.92. The molecule has 62 valence electrons. The molecular formula is C7H10I2N2. The highest BCUT2D eigenvalue weighted by molar-refractivity contribution is 14.2. The van der Waals surface area contributed by atoms with Gasteiger partial charge in [0, 0.05) is 0 Å². The van der Waals surface area contributed by atoms with E-state index in [9.17, 15) is 0 Å². The van der Waals surface area contributed by atoms with Crippen LogP contribution in [0.15, 0.2) is 29.4 Å². The highest BCUT2D eigenvalue weighted by Gasteiger charge is 1.97. The first-order valence-corrected chi connectivity index (χ1v) is 5.46. The van der Waals surface area contributed by atoms with E-state index in [4.69, 9.17) is 5.84 Å². The monoisotopic (exact) mass is 376 g/mol. The van der Waals surface area contributed by atoms with Gasteiger partial charge in [-0.25, -0.2) is 0 Å². The molecule has 11 heavy (non-hydrogen) atoms. The van der Waals surface area contributed by atoms with Crippen LogP contribution in [0.5, 0.6) is 0 Å². The first-order valence-electron chi connectivity index (χ1n) is 2.97. The van der Waals surface area contributed by atoms with E-state index in [0.29, 0.717) is 1.93 Å². The Kier molecular flexibility index (Phi) is 6.21. The lowest BCUT2D eigenvalue weighted by atomic mass is 10.3. The molecule has 0 spiro atoms. The third kappa shape index (κ3) is 5.66. The smallest absolute Gasteiger partial charge is 0.0869 e. The van der Waals surface area contributed by atoms with Crippen LogP contribution in [0.25, 0.3) is 0 Å². The van der Waals surface area contributed by atoms with E-state index in [1.807, 2.05) is 19.1 Å². The Morgan fingerprint density at radius 3 is 2.45 bits per heavy atom. The zero-order valence-electron chi connectivity index (χ0n) is 6.22. The van der Waals surface area contributed by atoms with Crippen molar-refractivity contribution in [3.05, 3.63) is 24.3 Å². The van der Waals surface area contributed by atoms with Crippen LogP contribution in [0.1, 0.15) is 6.92 Å². The molecule has 0 aromatic rings. The average Bonchev–Trinajstić information content (AvgIpc) is 1.99. The van der Waals surface area contributed by atoms with E-state index in [1.54, 1.807) is 0 Å². The number of hydrogen-bond donors (Lipinski definition) is 1. The lowest BCUT2D eigenvalue weighted by molar-refractivity contribution is 1.24. The summed E-state index contributed by atoms with van der Waals surface area (Å²) in [5, 5.41) is 3.50. The van der Waals surface area contributed by atoms with Gasteiger partial charge in [-0.2, -0.15) is 5.10 Å². The molecule has 0 aromatic carbocycles. The number of nitrogens with two attached hydrogens (primary N) is 1. The van der Waals surface area contributed by atoms with E-state index < -0.39 is 0 Å². The van der Waals surface area contributed by atoms with Crippen LogP contribution in [-0.2, 0) is 0 Å². The summed E-state index contributed by atoms with van der Waals surface area (Å²) in [4.78, 5) is 0. The molecule has 0 atom stereocenters. The molecule has 0 fully saturated rings. The molecule has 0 amide bonds. The van der Waals surface area contributed by atoms with Crippen molar-refractivity contribution in [2.45, 2.75) is 8.86 Å². The Morgan fingerprint density at radius 1 is 1.55 bits per heavy atom. The second-order valence-corrected chi connectivity index (χ2v) is 6.85. The Bertz CT molecular complexity index is 195. The van der Waals surface area contributed by atoms with Gasteiger partial charge < -0.3 is 5.84 Å². The molecule has 2 N–H and O–H groups in total. The molecule has 0 saturated heterocycles. The third-order valence-corrected chi connectivity index (χ3v) is 2.62. The molecule has 2 nitrogen and oxygen atoms in total. The van der Waals surface area contributed by atoms with Crippen LogP contribution >= 0.6 is 45.2 Å². The summed E-state index contributed by atoms with van der Waals surface area (Å²) in [5.41, 5.74) is 1.87. The normalized spacial score (nSPS) is 12.9. The zero-order valence-corrected chi connectivity index (χ0v) is 10.5. The Hall–Kier alpha value is 0.410. The summed E-state index contributed by atoms with van der Waals surface area (Å²) in [6, 6.07) is 0. The molecule has 0 heterocycles. The number of hydrogen-bond acceptors (Lipinski definition) is 2. The molecule has 0 saturated carbocycles. The average molecular weight is 376 g/mol. The quantitative estimate of drug-likeness (QED) is 0.202. The fraction of sp³-hybridized carbons (Fsp3) is 0.286. The number of allylic oxidation sites excluding steroid dienone is 3. The van der Waals surface area contributed by atoms with Crippen molar-refractivity contribution in [1.29, 1.82) is 0 Å². The van der Waals surface area contributed by atoms with Crippen LogP contribution in [0.3, 0.4) is 0 Å². The molecular weight excluding hydrogens is 366 g/mol. The minimum absolute atomic E-state index is 0.423. The number of nitrogens with zero attached hydrogens (tertiary/aromatic N) is 1. The number of rotatable bonds is 3. The maximum atomic E-state index is 5.04. The van der Waals surface area contributed by atoms with Gasteiger partial charge in [0.15, 0.2) is 0 Å². The Balaban J connectivity index is 4.04. The maximum absolute atomic E-state index is 5.04. The molecule has 0 aliphatic carbocycles. The summed E-state index contributed by atoms with van der Waals surface area (Å²) >= 11 is 4.58. The van der Waals surface area contributed by atoms with Crippen LogP contribution in [0, 0.1) is 0 Å².